The molecule has 2 N–H and O–H groups in total. The summed E-state index contributed by atoms with van der Waals surface area (Å²) in [5, 5.41) is 18.4. The molecule has 1 rings (SSSR count). The van der Waals surface area contributed by atoms with Crippen molar-refractivity contribution in [2.24, 2.45) is 0 Å². The zero-order valence-electron chi connectivity index (χ0n) is 11.7. The molecule has 0 unspecified atom stereocenters. The van der Waals surface area contributed by atoms with E-state index in [2.05, 4.69) is 20.1 Å². The van der Waals surface area contributed by atoms with E-state index in [1.807, 2.05) is 40.8 Å². The summed E-state index contributed by atoms with van der Waals surface area (Å²) >= 11 is 1.89. The fourth-order valence-electron chi connectivity index (χ4n) is 1.77. The molecule has 19 heavy (non-hydrogen) atoms. The third-order valence-corrected chi connectivity index (χ3v) is 6.77. The van der Waals surface area contributed by atoms with Gasteiger partial charge in [-0.05, 0) is 36.8 Å². The molecule has 0 atom stereocenters. The first kappa shape index (κ1) is 17.2. The van der Waals surface area contributed by atoms with Gasteiger partial charge in [-0.1, -0.05) is 39.8 Å². The minimum atomic E-state index is 0.0271. The Morgan fingerprint density at radius 3 is 2.00 bits per heavy atom. The highest BCUT2D eigenvalue weighted by Gasteiger charge is 2.18. The van der Waals surface area contributed by atoms with Crippen LogP contribution in [0.3, 0.4) is 0 Å². The maximum Gasteiger partial charge on any atom is 0.0682 e. The number of aliphatic hydroxyl groups is 2. The molecule has 0 spiro atoms. The second-order valence-electron chi connectivity index (χ2n) is 4.98. The predicted octanol–water partition coefficient (Wildman–Crippen LogP) is 3.69. The zero-order valence-corrected chi connectivity index (χ0v) is 14.1. The molecule has 1 aromatic carbocycles. The summed E-state index contributed by atoms with van der Waals surface area (Å²) in [6.07, 6.45) is 2.11. The van der Waals surface area contributed by atoms with Crippen molar-refractivity contribution in [1.82, 2.24) is 0 Å². The molecule has 0 aliphatic heterocycles. The third kappa shape index (κ3) is 6.45. The van der Waals surface area contributed by atoms with Gasteiger partial charge in [-0.3, -0.25) is 0 Å². The molecule has 5 heteroatoms. The molecule has 0 radical (unpaired) electrons. The van der Waals surface area contributed by atoms with Crippen molar-refractivity contribution in [2.45, 2.75) is 37.6 Å². The topological polar surface area (TPSA) is 40.5 Å². The normalized spacial score (nSPS) is 11.8. The van der Waals surface area contributed by atoms with Crippen molar-refractivity contribution in [3.8, 4) is 0 Å². The van der Waals surface area contributed by atoms with E-state index < -0.39 is 0 Å². The highest BCUT2D eigenvalue weighted by Crippen LogP contribution is 2.36. The van der Waals surface area contributed by atoms with Gasteiger partial charge in [-0.2, -0.15) is 11.8 Å². The Hall–Kier alpha value is 0.190. The van der Waals surface area contributed by atoms with Crippen LogP contribution in [-0.2, 0) is 19.0 Å². The largest absolute Gasteiger partial charge is 0.392 e. The molecule has 1 aromatic rings. The van der Waals surface area contributed by atoms with E-state index in [4.69, 9.17) is 0 Å². The second-order valence-corrected chi connectivity index (χ2v) is 9.07. The molecular weight excluding hydrogens is 296 g/mol. The van der Waals surface area contributed by atoms with Crippen LogP contribution >= 0.6 is 33.3 Å². The summed E-state index contributed by atoms with van der Waals surface area (Å²) in [5.74, 6) is 2.00. The molecule has 0 saturated heterocycles. The molecule has 2 nitrogen and oxygen atoms in total. The van der Waals surface area contributed by atoms with Gasteiger partial charge in [0.15, 0.2) is 0 Å². The lowest BCUT2D eigenvalue weighted by Gasteiger charge is -2.21. The highest BCUT2D eigenvalue weighted by molar-refractivity contribution is 8.77. The van der Waals surface area contributed by atoms with Gasteiger partial charge < -0.3 is 10.2 Å². The minimum absolute atomic E-state index is 0.0271. The quantitative estimate of drug-likeness (QED) is 0.715. The maximum absolute atomic E-state index is 9.21. The molecule has 108 valence electrons. The van der Waals surface area contributed by atoms with Crippen LogP contribution in [0.15, 0.2) is 18.2 Å². The number of aliphatic hydroxyl groups excluding tert-OH is 2. The molecular formula is C14H22O2S3. The number of benzene rings is 1. The average molecular weight is 319 g/mol. The van der Waals surface area contributed by atoms with Gasteiger partial charge in [0.05, 0.1) is 13.2 Å². The van der Waals surface area contributed by atoms with Crippen LogP contribution in [0, 0.1) is 0 Å². The van der Waals surface area contributed by atoms with Crippen LogP contribution < -0.4 is 0 Å². The third-order valence-electron chi connectivity index (χ3n) is 2.50. The summed E-state index contributed by atoms with van der Waals surface area (Å²) in [6.45, 7) is 4.56. The monoisotopic (exact) mass is 318 g/mol. The molecule has 0 aromatic heterocycles. The number of hydrogen-bond acceptors (Lipinski definition) is 5. The molecule has 0 saturated carbocycles. The molecule has 0 heterocycles. The van der Waals surface area contributed by atoms with E-state index in [9.17, 15) is 10.2 Å². The van der Waals surface area contributed by atoms with Crippen LogP contribution in [0.2, 0.25) is 0 Å². The summed E-state index contributed by atoms with van der Waals surface area (Å²) in [5.41, 5.74) is 2.92. The van der Waals surface area contributed by atoms with Gasteiger partial charge in [0.25, 0.3) is 0 Å². The van der Waals surface area contributed by atoms with Gasteiger partial charge in [-0.25, -0.2) is 0 Å². The van der Waals surface area contributed by atoms with E-state index in [0.717, 1.165) is 22.6 Å². The van der Waals surface area contributed by atoms with Crippen molar-refractivity contribution in [3.63, 3.8) is 0 Å². The van der Waals surface area contributed by atoms with Crippen molar-refractivity contribution >= 4 is 33.3 Å². The lowest BCUT2D eigenvalue weighted by atomic mass is 10.1. The standard InChI is InChI=1S/C14H22O2S3/c1-14(2,19-17-3)10-18-9-13-5-11(7-15)4-12(6-13)8-16/h4-6,15-16H,7-10H2,1-3H3. The number of thioether (sulfide) groups is 1. The Bertz CT molecular complexity index is 372. The van der Waals surface area contributed by atoms with Gasteiger partial charge in [-0.15, -0.1) is 0 Å². The van der Waals surface area contributed by atoms with Gasteiger partial charge >= 0.3 is 0 Å². The number of hydrogen-bond donors (Lipinski definition) is 2. The zero-order chi connectivity index (χ0) is 14.3. The van der Waals surface area contributed by atoms with Crippen molar-refractivity contribution < 1.29 is 10.2 Å². The Balaban J connectivity index is 2.57. The Morgan fingerprint density at radius 2 is 1.53 bits per heavy atom. The smallest absolute Gasteiger partial charge is 0.0682 e. The fraction of sp³-hybridized carbons (Fsp3) is 0.571. The Morgan fingerprint density at radius 1 is 1.00 bits per heavy atom. The fourth-order valence-corrected chi connectivity index (χ4v) is 5.45. The van der Waals surface area contributed by atoms with Crippen molar-refractivity contribution in [1.29, 1.82) is 0 Å². The van der Waals surface area contributed by atoms with Crippen LogP contribution in [0.1, 0.15) is 30.5 Å². The SMILES string of the molecule is CSSC(C)(C)CSCc1cc(CO)cc(CO)c1. The lowest BCUT2D eigenvalue weighted by Crippen LogP contribution is -2.16. The van der Waals surface area contributed by atoms with Crippen LogP contribution in [-0.4, -0.2) is 27.0 Å². The molecule has 0 fully saturated rings. The van der Waals surface area contributed by atoms with E-state index in [1.54, 1.807) is 10.8 Å². The Labute approximate surface area is 128 Å². The Kier molecular flexibility index (Phi) is 7.69. The second kappa shape index (κ2) is 8.47. The van der Waals surface area contributed by atoms with Crippen LogP contribution in [0.25, 0.3) is 0 Å². The summed E-state index contributed by atoms with van der Waals surface area (Å²) in [7, 11) is 3.70. The van der Waals surface area contributed by atoms with Crippen LogP contribution in [0.5, 0.6) is 0 Å². The van der Waals surface area contributed by atoms with E-state index >= 15 is 0 Å². The average Bonchev–Trinajstić information content (AvgIpc) is 2.37. The molecule has 0 aliphatic carbocycles. The van der Waals surface area contributed by atoms with E-state index in [1.165, 1.54) is 5.56 Å². The summed E-state index contributed by atoms with van der Waals surface area (Å²) < 4.78 is 0.262. The minimum Gasteiger partial charge on any atom is -0.392 e. The highest BCUT2D eigenvalue weighted by atomic mass is 33.1. The molecule has 0 bridgehead atoms. The number of rotatable bonds is 8. The van der Waals surface area contributed by atoms with Crippen LogP contribution in [0.4, 0.5) is 0 Å². The van der Waals surface area contributed by atoms with Gasteiger partial charge in [0.2, 0.25) is 0 Å². The maximum atomic E-state index is 9.21. The first-order chi connectivity index (χ1) is 9.00. The summed E-state index contributed by atoms with van der Waals surface area (Å²) in [6, 6.07) is 5.88. The predicted molar refractivity (Wildman–Crippen MR) is 89.6 cm³/mol. The first-order valence-electron chi connectivity index (χ1n) is 6.14. The van der Waals surface area contributed by atoms with Gasteiger partial charge in [0, 0.05) is 16.3 Å². The van der Waals surface area contributed by atoms with Crippen molar-refractivity contribution in [2.75, 3.05) is 12.0 Å². The molecule has 0 amide bonds. The molecule has 0 aliphatic rings. The van der Waals surface area contributed by atoms with Crippen molar-refractivity contribution in [3.05, 3.63) is 34.9 Å². The lowest BCUT2D eigenvalue weighted by molar-refractivity contribution is 0.275. The summed E-state index contributed by atoms with van der Waals surface area (Å²) in [4.78, 5) is 0. The van der Waals surface area contributed by atoms with Gasteiger partial charge in [0.1, 0.15) is 0 Å². The van der Waals surface area contributed by atoms with E-state index in [-0.39, 0.29) is 18.0 Å². The first-order valence-corrected chi connectivity index (χ1v) is 9.85. The van der Waals surface area contributed by atoms with E-state index in [0.29, 0.717) is 0 Å².